The molecule has 12 heavy (non-hydrogen) atoms. The van der Waals surface area contributed by atoms with Crippen molar-refractivity contribution in [3.05, 3.63) is 0 Å². The van der Waals surface area contributed by atoms with E-state index in [1.54, 1.807) is 0 Å². The Morgan fingerprint density at radius 1 is 1.25 bits per heavy atom. The highest BCUT2D eigenvalue weighted by atomic mass is 16.1. The quantitative estimate of drug-likeness (QED) is 0.540. The summed E-state index contributed by atoms with van der Waals surface area (Å²) in [5, 5.41) is 0. The summed E-state index contributed by atoms with van der Waals surface area (Å²) in [7, 11) is 0. The van der Waals surface area contributed by atoms with Crippen molar-refractivity contribution in [3.63, 3.8) is 0 Å². The normalized spacial score (nSPS) is 47.7. The molecule has 2 aliphatic carbocycles. The molecule has 4 unspecified atom stereocenters. The maximum Gasteiger partial charge on any atom is 0.139 e. The summed E-state index contributed by atoms with van der Waals surface area (Å²) in [6, 6.07) is 0. The minimum Gasteiger partial charge on any atom is -0.299 e. The maximum absolute atomic E-state index is 11.7. The number of hydrogen-bond donors (Lipinski definition) is 0. The fraction of sp³-hybridized carbons (Fsp3) is 0.909. The van der Waals surface area contributed by atoms with Gasteiger partial charge >= 0.3 is 0 Å². The lowest BCUT2D eigenvalue weighted by Gasteiger charge is -2.29. The van der Waals surface area contributed by atoms with Gasteiger partial charge < -0.3 is 0 Å². The van der Waals surface area contributed by atoms with E-state index in [1.807, 2.05) is 0 Å². The molecule has 0 aromatic heterocycles. The van der Waals surface area contributed by atoms with E-state index in [-0.39, 0.29) is 0 Å². The highest BCUT2D eigenvalue weighted by Gasteiger charge is 2.43. The summed E-state index contributed by atoms with van der Waals surface area (Å²) in [5.74, 6) is 2.78. The molecule has 2 saturated carbocycles. The van der Waals surface area contributed by atoms with Gasteiger partial charge in [0.25, 0.3) is 0 Å². The number of ketones is 1. The third-order valence-corrected chi connectivity index (χ3v) is 3.83. The zero-order valence-electron chi connectivity index (χ0n) is 8.05. The summed E-state index contributed by atoms with van der Waals surface area (Å²) in [5.41, 5.74) is 0. The van der Waals surface area contributed by atoms with Crippen LogP contribution in [0.5, 0.6) is 0 Å². The van der Waals surface area contributed by atoms with Crippen molar-refractivity contribution in [2.24, 2.45) is 23.7 Å². The van der Waals surface area contributed by atoms with Crippen molar-refractivity contribution < 1.29 is 4.79 Å². The molecular formula is C11H18O. The number of Topliss-reactive ketones (excluding diaryl/α,β-unsaturated/α-hetero) is 1. The Balaban J connectivity index is 2.17. The predicted molar refractivity (Wildman–Crippen MR) is 48.8 cm³/mol. The molecule has 0 N–H and O–H groups in total. The first-order chi connectivity index (χ1) is 5.70. The average molecular weight is 166 g/mol. The standard InChI is InChI=1S/C11H18O/c1-7-4-3-5-9-6-8(2)11(12)10(7)9/h7-10H,3-6H2,1-2H3. The van der Waals surface area contributed by atoms with Crippen molar-refractivity contribution in [1.29, 1.82) is 0 Å². The molecule has 0 aromatic rings. The van der Waals surface area contributed by atoms with Crippen LogP contribution in [0.1, 0.15) is 39.5 Å². The Bertz CT molecular complexity index is 197. The van der Waals surface area contributed by atoms with Gasteiger partial charge in [-0.2, -0.15) is 0 Å². The third-order valence-electron chi connectivity index (χ3n) is 3.83. The van der Waals surface area contributed by atoms with E-state index in [4.69, 9.17) is 0 Å². The fourth-order valence-electron chi connectivity index (χ4n) is 3.20. The SMILES string of the molecule is CC1CC2CCCC(C)C2C1=O. The van der Waals surface area contributed by atoms with Gasteiger partial charge in [-0.1, -0.05) is 26.7 Å². The Labute approximate surface area is 74.5 Å². The number of carbonyl (C=O) groups excluding carboxylic acids is 1. The van der Waals surface area contributed by atoms with E-state index in [2.05, 4.69) is 13.8 Å². The minimum atomic E-state index is 0.362. The second kappa shape index (κ2) is 2.86. The van der Waals surface area contributed by atoms with Gasteiger partial charge in [-0.3, -0.25) is 4.79 Å². The van der Waals surface area contributed by atoms with E-state index in [9.17, 15) is 4.79 Å². The molecule has 1 nitrogen and oxygen atoms in total. The van der Waals surface area contributed by atoms with Gasteiger partial charge in [0.2, 0.25) is 0 Å². The van der Waals surface area contributed by atoms with Crippen molar-refractivity contribution >= 4 is 5.78 Å². The molecule has 0 bridgehead atoms. The topological polar surface area (TPSA) is 17.1 Å². The molecule has 0 heterocycles. The molecule has 4 atom stereocenters. The van der Waals surface area contributed by atoms with Crippen molar-refractivity contribution in [1.82, 2.24) is 0 Å². The monoisotopic (exact) mass is 166 g/mol. The molecule has 0 spiro atoms. The maximum atomic E-state index is 11.7. The van der Waals surface area contributed by atoms with Gasteiger partial charge in [0.15, 0.2) is 0 Å². The smallest absolute Gasteiger partial charge is 0.139 e. The zero-order valence-corrected chi connectivity index (χ0v) is 8.05. The average Bonchev–Trinajstić information content (AvgIpc) is 2.29. The largest absolute Gasteiger partial charge is 0.299 e. The second-order valence-electron chi connectivity index (χ2n) is 4.73. The van der Waals surface area contributed by atoms with Crippen LogP contribution in [0.3, 0.4) is 0 Å². The molecule has 2 fully saturated rings. The molecule has 0 amide bonds. The molecule has 0 radical (unpaired) electrons. The second-order valence-corrected chi connectivity index (χ2v) is 4.73. The zero-order chi connectivity index (χ0) is 8.72. The number of carbonyl (C=O) groups is 1. The highest BCUT2D eigenvalue weighted by Crippen LogP contribution is 2.45. The van der Waals surface area contributed by atoms with E-state index in [0.29, 0.717) is 23.5 Å². The Kier molecular flexibility index (Phi) is 1.97. The lowest BCUT2D eigenvalue weighted by molar-refractivity contribution is -0.125. The van der Waals surface area contributed by atoms with Crippen LogP contribution >= 0.6 is 0 Å². The number of fused-ring (bicyclic) bond motifs is 1. The first kappa shape index (κ1) is 8.28. The predicted octanol–water partition coefficient (Wildman–Crippen LogP) is 2.65. The highest BCUT2D eigenvalue weighted by molar-refractivity contribution is 5.85. The fourth-order valence-corrected chi connectivity index (χ4v) is 3.20. The molecule has 0 aromatic carbocycles. The lowest BCUT2D eigenvalue weighted by atomic mass is 9.74. The van der Waals surface area contributed by atoms with Gasteiger partial charge in [-0.05, 0) is 24.7 Å². The van der Waals surface area contributed by atoms with Crippen LogP contribution in [-0.2, 0) is 4.79 Å². The van der Waals surface area contributed by atoms with Crippen LogP contribution in [-0.4, -0.2) is 5.78 Å². The Hall–Kier alpha value is -0.330. The van der Waals surface area contributed by atoms with Gasteiger partial charge in [-0.15, -0.1) is 0 Å². The molecular weight excluding hydrogens is 148 g/mol. The minimum absolute atomic E-state index is 0.362. The lowest BCUT2D eigenvalue weighted by Crippen LogP contribution is -2.27. The molecule has 1 heteroatoms. The van der Waals surface area contributed by atoms with Crippen LogP contribution in [0.15, 0.2) is 0 Å². The van der Waals surface area contributed by atoms with Gasteiger partial charge in [-0.25, -0.2) is 0 Å². The molecule has 0 aliphatic heterocycles. The first-order valence-electron chi connectivity index (χ1n) is 5.24. The van der Waals surface area contributed by atoms with E-state index in [1.165, 1.54) is 25.7 Å². The first-order valence-corrected chi connectivity index (χ1v) is 5.24. The molecule has 0 saturated heterocycles. The molecule has 68 valence electrons. The summed E-state index contributed by atoms with van der Waals surface area (Å²) in [6.45, 7) is 4.36. The van der Waals surface area contributed by atoms with Gasteiger partial charge in [0.05, 0.1) is 0 Å². The van der Waals surface area contributed by atoms with Crippen molar-refractivity contribution in [2.45, 2.75) is 39.5 Å². The molecule has 2 aliphatic rings. The summed E-state index contributed by atoms with van der Waals surface area (Å²) < 4.78 is 0. The van der Waals surface area contributed by atoms with E-state index < -0.39 is 0 Å². The van der Waals surface area contributed by atoms with Gasteiger partial charge in [0.1, 0.15) is 5.78 Å². The van der Waals surface area contributed by atoms with Crippen LogP contribution < -0.4 is 0 Å². The summed E-state index contributed by atoms with van der Waals surface area (Å²) >= 11 is 0. The Morgan fingerprint density at radius 3 is 2.67 bits per heavy atom. The summed E-state index contributed by atoms with van der Waals surface area (Å²) in [6.07, 6.45) is 5.11. The third kappa shape index (κ3) is 1.10. The van der Waals surface area contributed by atoms with Crippen molar-refractivity contribution in [2.75, 3.05) is 0 Å². The van der Waals surface area contributed by atoms with Crippen LogP contribution in [0.4, 0.5) is 0 Å². The molecule has 2 rings (SSSR count). The van der Waals surface area contributed by atoms with E-state index >= 15 is 0 Å². The summed E-state index contributed by atoms with van der Waals surface area (Å²) in [4.78, 5) is 11.7. The van der Waals surface area contributed by atoms with Gasteiger partial charge in [0, 0.05) is 11.8 Å². The van der Waals surface area contributed by atoms with Crippen molar-refractivity contribution in [3.8, 4) is 0 Å². The van der Waals surface area contributed by atoms with Crippen LogP contribution in [0.25, 0.3) is 0 Å². The van der Waals surface area contributed by atoms with Crippen LogP contribution in [0.2, 0.25) is 0 Å². The Morgan fingerprint density at radius 2 is 2.00 bits per heavy atom. The number of hydrogen-bond acceptors (Lipinski definition) is 1. The van der Waals surface area contributed by atoms with E-state index in [0.717, 1.165) is 5.92 Å². The number of rotatable bonds is 0. The van der Waals surface area contributed by atoms with Crippen LogP contribution in [0, 0.1) is 23.7 Å².